The maximum absolute atomic E-state index is 6.10. The summed E-state index contributed by atoms with van der Waals surface area (Å²) in [5.41, 5.74) is 7.26. The summed E-state index contributed by atoms with van der Waals surface area (Å²) in [7, 11) is 0. The van der Waals surface area contributed by atoms with Crippen LogP contribution in [0.15, 0.2) is 103 Å². The number of rotatable bonds is 5. The van der Waals surface area contributed by atoms with Gasteiger partial charge in [0.1, 0.15) is 12.4 Å². The van der Waals surface area contributed by atoms with Crippen LogP contribution in [0.25, 0.3) is 22.3 Å². The van der Waals surface area contributed by atoms with Gasteiger partial charge in [-0.2, -0.15) is 0 Å². The molecule has 0 aromatic heterocycles. The van der Waals surface area contributed by atoms with E-state index in [-0.39, 0.29) is 0 Å². The molecule has 4 aromatic rings. The molecule has 132 valence electrons. The van der Waals surface area contributed by atoms with E-state index in [0.29, 0.717) is 6.61 Å². The van der Waals surface area contributed by atoms with Crippen LogP contribution in [-0.2, 0) is 6.61 Å². The van der Waals surface area contributed by atoms with Crippen LogP contribution in [0.4, 0.5) is 0 Å². The SMILES string of the molecule is Cc1ccc(OCc2cc(-c3ccccc3)ccc2-c2ccccc2)cc1. The molecule has 4 rings (SSSR count). The van der Waals surface area contributed by atoms with Gasteiger partial charge in [-0.1, -0.05) is 90.5 Å². The summed E-state index contributed by atoms with van der Waals surface area (Å²) >= 11 is 0. The van der Waals surface area contributed by atoms with Crippen molar-refractivity contribution in [2.75, 3.05) is 0 Å². The molecular weight excluding hydrogens is 328 g/mol. The molecular formula is C26H22O. The van der Waals surface area contributed by atoms with Crippen molar-refractivity contribution in [3.63, 3.8) is 0 Å². The molecule has 0 aliphatic carbocycles. The van der Waals surface area contributed by atoms with E-state index in [4.69, 9.17) is 4.74 Å². The first-order chi connectivity index (χ1) is 13.3. The lowest BCUT2D eigenvalue weighted by Gasteiger charge is -2.14. The van der Waals surface area contributed by atoms with Crippen molar-refractivity contribution in [3.8, 4) is 28.0 Å². The molecule has 0 spiro atoms. The average molecular weight is 350 g/mol. The van der Waals surface area contributed by atoms with E-state index in [1.54, 1.807) is 0 Å². The summed E-state index contributed by atoms with van der Waals surface area (Å²) in [6, 6.07) is 35.8. The van der Waals surface area contributed by atoms with Crippen LogP contribution < -0.4 is 4.74 Å². The summed E-state index contributed by atoms with van der Waals surface area (Å²) in [6.07, 6.45) is 0. The topological polar surface area (TPSA) is 9.23 Å². The molecule has 1 heteroatoms. The van der Waals surface area contributed by atoms with Gasteiger partial charge in [0.05, 0.1) is 0 Å². The second-order valence-corrected chi connectivity index (χ2v) is 6.71. The minimum Gasteiger partial charge on any atom is -0.489 e. The molecule has 0 heterocycles. The van der Waals surface area contributed by atoms with E-state index in [0.717, 1.165) is 5.75 Å². The lowest BCUT2D eigenvalue weighted by Crippen LogP contribution is -1.99. The normalized spacial score (nSPS) is 10.6. The van der Waals surface area contributed by atoms with Crippen LogP contribution in [0, 0.1) is 6.92 Å². The van der Waals surface area contributed by atoms with Gasteiger partial charge in [-0.3, -0.25) is 0 Å². The number of hydrogen-bond donors (Lipinski definition) is 0. The average Bonchev–Trinajstić information content (AvgIpc) is 2.74. The van der Waals surface area contributed by atoms with Gasteiger partial charge in [0.25, 0.3) is 0 Å². The minimum absolute atomic E-state index is 0.536. The number of hydrogen-bond acceptors (Lipinski definition) is 1. The lowest BCUT2D eigenvalue weighted by atomic mass is 9.95. The van der Waals surface area contributed by atoms with E-state index < -0.39 is 0 Å². The molecule has 0 N–H and O–H groups in total. The highest BCUT2D eigenvalue weighted by atomic mass is 16.5. The first-order valence-corrected chi connectivity index (χ1v) is 9.23. The van der Waals surface area contributed by atoms with Gasteiger partial charge in [-0.15, -0.1) is 0 Å². The Labute approximate surface area is 160 Å². The predicted octanol–water partition coefficient (Wildman–Crippen LogP) is 6.91. The Hall–Kier alpha value is -3.32. The third-order valence-electron chi connectivity index (χ3n) is 4.71. The van der Waals surface area contributed by atoms with Crippen LogP contribution in [-0.4, -0.2) is 0 Å². The van der Waals surface area contributed by atoms with Gasteiger partial charge in [0, 0.05) is 0 Å². The van der Waals surface area contributed by atoms with Gasteiger partial charge in [-0.25, -0.2) is 0 Å². The Morgan fingerprint density at radius 1 is 0.593 bits per heavy atom. The third-order valence-corrected chi connectivity index (χ3v) is 4.71. The molecule has 0 saturated heterocycles. The molecule has 27 heavy (non-hydrogen) atoms. The second-order valence-electron chi connectivity index (χ2n) is 6.71. The molecule has 0 unspecified atom stereocenters. The number of aryl methyl sites for hydroxylation is 1. The Morgan fingerprint density at radius 3 is 1.89 bits per heavy atom. The smallest absolute Gasteiger partial charge is 0.119 e. The van der Waals surface area contributed by atoms with Crippen molar-refractivity contribution in [1.29, 1.82) is 0 Å². The zero-order valence-corrected chi connectivity index (χ0v) is 15.4. The fourth-order valence-electron chi connectivity index (χ4n) is 3.22. The second kappa shape index (κ2) is 7.92. The minimum atomic E-state index is 0.536. The number of benzene rings is 4. The molecule has 0 aliphatic heterocycles. The predicted molar refractivity (Wildman–Crippen MR) is 113 cm³/mol. The van der Waals surface area contributed by atoms with Crippen LogP contribution in [0.1, 0.15) is 11.1 Å². The molecule has 0 saturated carbocycles. The Bertz CT molecular complexity index is 1000. The van der Waals surface area contributed by atoms with E-state index in [1.165, 1.54) is 33.4 Å². The largest absolute Gasteiger partial charge is 0.489 e. The van der Waals surface area contributed by atoms with Crippen LogP contribution in [0.2, 0.25) is 0 Å². The van der Waals surface area contributed by atoms with Crippen molar-refractivity contribution in [2.45, 2.75) is 13.5 Å². The first kappa shape index (κ1) is 17.1. The highest BCUT2D eigenvalue weighted by Gasteiger charge is 2.09. The van der Waals surface area contributed by atoms with E-state index >= 15 is 0 Å². The zero-order chi connectivity index (χ0) is 18.5. The lowest BCUT2D eigenvalue weighted by molar-refractivity contribution is 0.307. The Kier molecular flexibility index (Phi) is 5.02. The van der Waals surface area contributed by atoms with Crippen molar-refractivity contribution in [1.82, 2.24) is 0 Å². The van der Waals surface area contributed by atoms with Crippen molar-refractivity contribution in [3.05, 3.63) is 114 Å². The monoisotopic (exact) mass is 350 g/mol. The van der Waals surface area contributed by atoms with Crippen LogP contribution >= 0.6 is 0 Å². The van der Waals surface area contributed by atoms with E-state index in [2.05, 4.69) is 85.8 Å². The third kappa shape index (κ3) is 4.09. The van der Waals surface area contributed by atoms with Gasteiger partial charge in [0.2, 0.25) is 0 Å². The van der Waals surface area contributed by atoms with E-state index in [1.807, 2.05) is 24.3 Å². The molecule has 0 aliphatic rings. The van der Waals surface area contributed by atoms with Crippen molar-refractivity contribution in [2.24, 2.45) is 0 Å². The molecule has 0 bridgehead atoms. The maximum Gasteiger partial charge on any atom is 0.119 e. The van der Waals surface area contributed by atoms with Crippen molar-refractivity contribution >= 4 is 0 Å². The van der Waals surface area contributed by atoms with E-state index in [9.17, 15) is 0 Å². The summed E-state index contributed by atoms with van der Waals surface area (Å²) in [6.45, 7) is 2.62. The fourth-order valence-corrected chi connectivity index (χ4v) is 3.22. The van der Waals surface area contributed by atoms with Crippen molar-refractivity contribution < 1.29 is 4.74 Å². The van der Waals surface area contributed by atoms with Gasteiger partial charge >= 0.3 is 0 Å². The molecule has 4 aromatic carbocycles. The van der Waals surface area contributed by atoms with Gasteiger partial charge in [-0.05, 0) is 52.9 Å². The highest BCUT2D eigenvalue weighted by molar-refractivity contribution is 5.73. The van der Waals surface area contributed by atoms with Crippen LogP contribution in [0.5, 0.6) is 5.75 Å². The quantitative estimate of drug-likeness (QED) is 0.380. The Balaban J connectivity index is 1.69. The summed E-state index contributed by atoms with van der Waals surface area (Å²) < 4.78 is 6.10. The zero-order valence-electron chi connectivity index (χ0n) is 15.4. The molecule has 1 nitrogen and oxygen atoms in total. The molecule has 0 fully saturated rings. The van der Waals surface area contributed by atoms with Crippen LogP contribution in [0.3, 0.4) is 0 Å². The maximum atomic E-state index is 6.10. The molecule has 0 atom stereocenters. The fraction of sp³-hybridized carbons (Fsp3) is 0.0769. The molecule has 0 amide bonds. The summed E-state index contributed by atoms with van der Waals surface area (Å²) in [5, 5.41) is 0. The van der Waals surface area contributed by atoms with Gasteiger partial charge < -0.3 is 4.74 Å². The standard InChI is InChI=1S/C26H22O/c1-20-12-15-25(16-13-20)27-19-24-18-23(21-8-4-2-5-9-21)14-17-26(24)22-10-6-3-7-11-22/h2-18H,19H2,1H3. The molecule has 0 radical (unpaired) electrons. The first-order valence-electron chi connectivity index (χ1n) is 9.23. The Morgan fingerprint density at radius 2 is 1.22 bits per heavy atom. The summed E-state index contributed by atoms with van der Waals surface area (Å²) in [4.78, 5) is 0. The number of ether oxygens (including phenoxy) is 1. The summed E-state index contributed by atoms with van der Waals surface area (Å²) in [5.74, 6) is 0.893. The van der Waals surface area contributed by atoms with Gasteiger partial charge in [0.15, 0.2) is 0 Å². The highest BCUT2D eigenvalue weighted by Crippen LogP contribution is 2.30.